The van der Waals surface area contributed by atoms with Gasteiger partial charge >= 0.3 is 0 Å². The zero-order chi connectivity index (χ0) is 21.3. The Morgan fingerprint density at radius 3 is 2.50 bits per heavy atom. The highest BCUT2D eigenvalue weighted by atomic mass is 16.3. The molecule has 2 saturated heterocycles. The molecule has 30 heavy (non-hydrogen) atoms. The summed E-state index contributed by atoms with van der Waals surface area (Å²) >= 11 is 0. The topological polar surface area (TPSA) is 73.0 Å². The van der Waals surface area contributed by atoms with Gasteiger partial charge in [-0.05, 0) is 61.5 Å². The van der Waals surface area contributed by atoms with Crippen molar-refractivity contribution < 1.29 is 9.90 Å². The SMILES string of the molecule is C=C/C=C(\C=C/N)CN1CCC(C(=O)N2CCN(Cc3cccc(O)c3)CC2)CC1. The number of hydrogen-bond donors (Lipinski definition) is 2. The molecule has 1 aromatic rings. The van der Waals surface area contributed by atoms with Crippen LogP contribution in [0.2, 0.25) is 0 Å². The van der Waals surface area contributed by atoms with E-state index in [-0.39, 0.29) is 5.92 Å². The Balaban J connectivity index is 1.42. The van der Waals surface area contributed by atoms with Crippen LogP contribution in [0.4, 0.5) is 0 Å². The molecule has 2 heterocycles. The van der Waals surface area contributed by atoms with Gasteiger partial charge in [0.05, 0.1) is 0 Å². The lowest BCUT2D eigenvalue weighted by Gasteiger charge is -2.38. The van der Waals surface area contributed by atoms with E-state index in [0.29, 0.717) is 11.7 Å². The van der Waals surface area contributed by atoms with Crippen molar-refractivity contribution in [1.82, 2.24) is 14.7 Å². The highest BCUT2D eigenvalue weighted by Gasteiger charge is 2.30. The van der Waals surface area contributed by atoms with E-state index in [2.05, 4.69) is 16.4 Å². The summed E-state index contributed by atoms with van der Waals surface area (Å²) in [6.45, 7) is 10.6. The van der Waals surface area contributed by atoms with E-state index in [1.165, 1.54) is 0 Å². The maximum atomic E-state index is 13.0. The van der Waals surface area contributed by atoms with E-state index in [4.69, 9.17) is 5.73 Å². The Bertz CT molecular complexity index is 773. The quantitative estimate of drug-likeness (QED) is 0.675. The van der Waals surface area contributed by atoms with Gasteiger partial charge in [-0.25, -0.2) is 0 Å². The van der Waals surface area contributed by atoms with Crippen LogP contribution in [0.25, 0.3) is 0 Å². The smallest absolute Gasteiger partial charge is 0.225 e. The zero-order valence-electron chi connectivity index (χ0n) is 17.7. The van der Waals surface area contributed by atoms with E-state index in [1.807, 2.05) is 35.3 Å². The molecule has 6 heteroatoms. The number of phenolic OH excluding ortho intramolecular Hbond substituents is 1. The molecule has 2 aliphatic rings. The molecule has 0 spiro atoms. The lowest BCUT2D eigenvalue weighted by atomic mass is 9.94. The lowest BCUT2D eigenvalue weighted by Crippen LogP contribution is -2.51. The molecule has 3 N–H and O–H groups in total. The summed E-state index contributed by atoms with van der Waals surface area (Å²) in [5.41, 5.74) is 7.78. The summed E-state index contributed by atoms with van der Waals surface area (Å²) in [7, 11) is 0. The second-order valence-electron chi connectivity index (χ2n) is 8.16. The predicted molar refractivity (Wildman–Crippen MR) is 121 cm³/mol. The minimum atomic E-state index is 0.135. The summed E-state index contributed by atoms with van der Waals surface area (Å²) in [5, 5.41) is 9.63. The molecule has 1 aromatic carbocycles. The maximum Gasteiger partial charge on any atom is 0.225 e. The number of nitrogens with zero attached hydrogens (tertiary/aromatic N) is 3. The summed E-state index contributed by atoms with van der Waals surface area (Å²) in [4.78, 5) is 19.8. The summed E-state index contributed by atoms with van der Waals surface area (Å²) in [6, 6.07) is 7.41. The number of piperidine rings is 1. The summed E-state index contributed by atoms with van der Waals surface area (Å²) in [6.07, 6.45) is 9.07. The average molecular weight is 411 g/mol. The molecule has 3 rings (SSSR count). The zero-order valence-corrected chi connectivity index (χ0v) is 17.7. The number of phenols is 1. The van der Waals surface area contributed by atoms with E-state index in [0.717, 1.165) is 76.3 Å². The number of nitrogens with two attached hydrogens (primary N) is 1. The molecule has 0 radical (unpaired) electrons. The summed E-state index contributed by atoms with van der Waals surface area (Å²) in [5.74, 6) is 0.755. The molecule has 0 unspecified atom stereocenters. The van der Waals surface area contributed by atoms with Gasteiger partial charge in [-0.15, -0.1) is 0 Å². The number of likely N-dealkylation sites (tertiary alicyclic amines) is 1. The second-order valence-corrected chi connectivity index (χ2v) is 8.16. The van der Waals surface area contributed by atoms with Crippen molar-refractivity contribution in [2.45, 2.75) is 19.4 Å². The average Bonchev–Trinajstić information content (AvgIpc) is 2.75. The fourth-order valence-electron chi connectivity index (χ4n) is 4.33. The first-order valence-corrected chi connectivity index (χ1v) is 10.8. The van der Waals surface area contributed by atoms with Gasteiger partial charge in [0.2, 0.25) is 5.91 Å². The number of aromatic hydroxyl groups is 1. The second kappa shape index (κ2) is 11.0. The summed E-state index contributed by atoms with van der Waals surface area (Å²) < 4.78 is 0. The van der Waals surface area contributed by atoms with Crippen molar-refractivity contribution in [3.8, 4) is 5.75 Å². The fraction of sp³-hybridized carbons (Fsp3) is 0.458. The van der Waals surface area contributed by atoms with Gasteiger partial charge in [-0.2, -0.15) is 0 Å². The molecule has 2 aliphatic heterocycles. The Morgan fingerprint density at radius 1 is 1.13 bits per heavy atom. The van der Waals surface area contributed by atoms with Crippen LogP contribution in [0, 0.1) is 5.92 Å². The van der Waals surface area contributed by atoms with Crippen molar-refractivity contribution in [2.24, 2.45) is 11.7 Å². The number of carbonyl (C=O) groups excluding carboxylic acids is 1. The molecule has 0 bridgehead atoms. The Morgan fingerprint density at radius 2 is 1.87 bits per heavy atom. The molecule has 6 nitrogen and oxygen atoms in total. The third-order valence-corrected chi connectivity index (χ3v) is 5.99. The number of hydrogen-bond acceptors (Lipinski definition) is 5. The van der Waals surface area contributed by atoms with Crippen LogP contribution in [-0.4, -0.2) is 71.5 Å². The van der Waals surface area contributed by atoms with Crippen LogP contribution in [0.15, 0.2) is 60.8 Å². The van der Waals surface area contributed by atoms with Gasteiger partial charge in [-0.1, -0.05) is 30.9 Å². The van der Waals surface area contributed by atoms with Crippen molar-refractivity contribution in [3.63, 3.8) is 0 Å². The number of rotatable bonds is 7. The third-order valence-electron chi connectivity index (χ3n) is 5.99. The Labute approximate surface area is 179 Å². The highest BCUT2D eigenvalue weighted by molar-refractivity contribution is 5.79. The maximum absolute atomic E-state index is 13.0. The number of carbonyl (C=O) groups is 1. The number of amides is 1. The first-order valence-electron chi connectivity index (χ1n) is 10.8. The standard InChI is InChI=1S/C24H34N4O2/c1-2-4-20(7-10-25)18-26-11-8-22(9-12-26)24(30)28-15-13-27(14-16-28)19-21-5-3-6-23(29)17-21/h2-7,10,17,22,29H,1,8-9,11-16,18-19,25H2/b10-7-,20-4+. The first kappa shape index (κ1) is 22.1. The van der Waals surface area contributed by atoms with Gasteiger partial charge in [-0.3, -0.25) is 14.6 Å². The predicted octanol–water partition coefficient (Wildman–Crippen LogP) is 2.33. The number of piperazine rings is 1. The normalized spacial score (nSPS) is 20.0. The largest absolute Gasteiger partial charge is 0.508 e. The van der Waals surface area contributed by atoms with Gasteiger partial charge in [0.25, 0.3) is 0 Å². The Hall–Kier alpha value is -2.57. The van der Waals surface area contributed by atoms with E-state index >= 15 is 0 Å². The van der Waals surface area contributed by atoms with Gasteiger partial charge < -0.3 is 15.7 Å². The first-order chi connectivity index (χ1) is 14.6. The van der Waals surface area contributed by atoms with Crippen molar-refractivity contribution >= 4 is 5.91 Å². The molecule has 0 aromatic heterocycles. The molecule has 0 aliphatic carbocycles. The Kier molecular flexibility index (Phi) is 8.11. The van der Waals surface area contributed by atoms with E-state index in [1.54, 1.807) is 18.3 Å². The highest BCUT2D eigenvalue weighted by Crippen LogP contribution is 2.22. The van der Waals surface area contributed by atoms with Crippen molar-refractivity contribution in [1.29, 1.82) is 0 Å². The lowest BCUT2D eigenvalue weighted by molar-refractivity contribution is -0.138. The van der Waals surface area contributed by atoms with Crippen molar-refractivity contribution in [2.75, 3.05) is 45.8 Å². The van der Waals surface area contributed by atoms with Crippen molar-refractivity contribution in [3.05, 3.63) is 66.4 Å². The number of allylic oxidation sites excluding steroid dienone is 2. The van der Waals surface area contributed by atoms with Crippen LogP contribution in [-0.2, 0) is 11.3 Å². The third kappa shape index (κ3) is 6.21. The molecule has 162 valence electrons. The monoisotopic (exact) mass is 410 g/mol. The molecule has 0 atom stereocenters. The van der Waals surface area contributed by atoms with E-state index in [9.17, 15) is 9.90 Å². The minimum Gasteiger partial charge on any atom is -0.508 e. The van der Waals surface area contributed by atoms with Crippen LogP contribution >= 0.6 is 0 Å². The van der Waals surface area contributed by atoms with E-state index < -0.39 is 0 Å². The fourth-order valence-corrected chi connectivity index (χ4v) is 4.33. The number of benzene rings is 1. The van der Waals surface area contributed by atoms with Crippen LogP contribution < -0.4 is 5.73 Å². The molecule has 2 fully saturated rings. The van der Waals surface area contributed by atoms with Gasteiger partial charge in [0.15, 0.2) is 0 Å². The van der Waals surface area contributed by atoms with Crippen LogP contribution in [0.5, 0.6) is 5.75 Å². The molecular formula is C24H34N4O2. The van der Waals surface area contributed by atoms with Crippen LogP contribution in [0.1, 0.15) is 18.4 Å². The molecular weight excluding hydrogens is 376 g/mol. The molecule has 0 saturated carbocycles. The van der Waals surface area contributed by atoms with Gasteiger partial charge in [0.1, 0.15) is 5.75 Å². The molecule has 1 amide bonds. The van der Waals surface area contributed by atoms with Crippen LogP contribution in [0.3, 0.4) is 0 Å². The van der Waals surface area contributed by atoms with Gasteiger partial charge in [0, 0.05) is 45.2 Å². The minimum absolute atomic E-state index is 0.135.